The number of carbonyl (C=O) groups is 1. The third kappa shape index (κ3) is 3.60. The third-order valence-electron chi connectivity index (χ3n) is 2.08. The average Bonchev–Trinajstić information content (AvgIpc) is 2.61. The number of amides is 1. The molecule has 1 amide bonds. The molecule has 0 N–H and O–H groups in total. The van der Waals surface area contributed by atoms with E-state index < -0.39 is 0 Å². The summed E-state index contributed by atoms with van der Waals surface area (Å²) in [5.74, 6) is 0.00431. The molecule has 0 saturated heterocycles. The molecule has 84 valence electrons. The average molecular weight is 228 g/mol. The van der Waals surface area contributed by atoms with Crippen molar-refractivity contribution in [2.24, 2.45) is 0 Å². The molecule has 0 saturated carbocycles. The van der Waals surface area contributed by atoms with Crippen molar-refractivity contribution >= 4 is 17.2 Å². The molecule has 0 aliphatic rings. The molecule has 15 heavy (non-hydrogen) atoms. The van der Waals surface area contributed by atoms with Gasteiger partial charge in [0.2, 0.25) is 5.91 Å². The molecule has 1 rings (SSSR count). The Bertz CT molecular complexity index is 325. The number of hydrogen-bond donors (Lipinski definition) is 0. The Kier molecular flexibility index (Phi) is 4.71. The summed E-state index contributed by atoms with van der Waals surface area (Å²) in [6.45, 7) is 5.17. The predicted molar refractivity (Wildman–Crippen MR) is 59.8 cm³/mol. The lowest BCUT2D eigenvalue weighted by molar-refractivity contribution is -0.135. The minimum atomic E-state index is 0.00431. The van der Waals surface area contributed by atoms with Crippen LogP contribution in [-0.4, -0.2) is 36.1 Å². The van der Waals surface area contributed by atoms with E-state index in [1.807, 2.05) is 13.8 Å². The van der Waals surface area contributed by atoms with E-state index in [9.17, 15) is 4.79 Å². The molecular formula is C10H16N2O2S. The lowest BCUT2D eigenvalue weighted by Gasteiger charge is -2.16. The number of hydrogen-bond acceptors (Lipinski definition) is 4. The van der Waals surface area contributed by atoms with Crippen LogP contribution in [0, 0.1) is 6.92 Å². The molecule has 0 fully saturated rings. The van der Waals surface area contributed by atoms with Gasteiger partial charge < -0.3 is 9.64 Å². The van der Waals surface area contributed by atoms with Crippen LogP contribution in [0.3, 0.4) is 0 Å². The quantitative estimate of drug-likeness (QED) is 0.766. The first kappa shape index (κ1) is 12.1. The summed E-state index contributed by atoms with van der Waals surface area (Å²) >= 11 is 1.57. The molecule has 0 atom stereocenters. The molecule has 0 unspecified atom stereocenters. The number of thiazole rings is 1. The maximum atomic E-state index is 11.5. The molecular weight excluding hydrogens is 212 g/mol. The Morgan fingerprint density at radius 1 is 1.67 bits per heavy atom. The Balaban J connectivity index is 2.45. The van der Waals surface area contributed by atoms with Crippen LogP contribution >= 0.6 is 11.3 Å². The third-order valence-corrected chi connectivity index (χ3v) is 3.00. The second-order valence-electron chi connectivity index (χ2n) is 3.25. The highest BCUT2D eigenvalue weighted by Gasteiger charge is 2.11. The summed E-state index contributed by atoms with van der Waals surface area (Å²) in [5, 5.41) is 0. The van der Waals surface area contributed by atoms with Gasteiger partial charge in [0.05, 0.1) is 17.7 Å². The molecule has 1 heterocycles. The Labute approximate surface area is 93.9 Å². The van der Waals surface area contributed by atoms with Gasteiger partial charge in [0.15, 0.2) is 0 Å². The minimum Gasteiger partial charge on any atom is -0.372 e. The zero-order chi connectivity index (χ0) is 11.3. The van der Waals surface area contributed by atoms with Crippen molar-refractivity contribution in [1.82, 2.24) is 9.88 Å². The first-order chi connectivity index (χ1) is 7.15. The number of aromatic nitrogens is 1. The van der Waals surface area contributed by atoms with Crippen LogP contribution in [0.15, 0.2) is 5.51 Å². The highest BCUT2D eigenvalue weighted by atomic mass is 32.1. The molecule has 1 aromatic rings. The highest BCUT2D eigenvalue weighted by Crippen LogP contribution is 2.14. The molecule has 1 aromatic heterocycles. The maximum absolute atomic E-state index is 11.5. The van der Waals surface area contributed by atoms with Crippen molar-refractivity contribution in [2.75, 3.05) is 20.3 Å². The lowest BCUT2D eigenvalue weighted by Crippen LogP contribution is -2.29. The van der Waals surface area contributed by atoms with Gasteiger partial charge in [-0.25, -0.2) is 4.98 Å². The summed E-state index contributed by atoms with van der Waals surface area (Å²) in [7, 11) is 1.78. The van der Waals surface area contributed by atoms with Crippen molar-refractivity contribution in [2.45, 2.75) is 20.4 Å². The highest BCUT2D eigenvalue weighted by molar-refractivity contribution is 7.09. The van der Waals surface area contributed by atoms with Gasteiger partial charge in [-0.3, -0.25) is 4.79 Å². The SMILES string of the molecule is CCOCC(=O)N(C)Cc1scnc1C. The zero-order valence-electron chi connectivity index (χ0n) is 9.32. The van der Waals surface area contributed by atoms with Crippen molar-refractivity contribution in [1.29, 1.82) is 0 Å². The lowest BCUT2D eigenvalue weighted by atomic mass is 10.3. The van der Waals surface area contributed by atoms with Crippen LogP contribution in [-0.2, 0) is 16.1 Å². The number of ether oxygens (including phenoxy) is 1. The molecule has 0 spiro atoms. The number of nitrogens with zero attached hydrogens (tertiary/aromatic N) is 2. The fourth-order valence-corrected chi connectivity index (χ4v) is 1.91. The maximum Gasteiger partial charge on any atom is 0.248 e. The van der Waals surface area contributed by atoms with Gasteiger partial charge in [-0.05, 0) is 13.8 Å². The van der Waals surface area contributed by atoms with E-state index in [4.69, 9.17) is 4.74 Å². The molecule has 0 aliphatic heterocycles. The van der Waals surface area contributed by atoms with E-state index in [1.165, 1.54) is 0 Å². The number of likely N-dealkylation sites (N-methyl/N-ethyl adjacent to an activating group) is 1. The van der Waals surface area contributed by atoms with E-state index in [0.717, 1.165) is 10.6 Å². The fraction of sp³-hybridized carbons (Fsp3) is 0.600. The second kappa shape index (κ2) is 5.82. The van der Waals surface area contributed by atoms with E-state index in [-0.39, 0.29) is 12.5 Å². The van der Waals surface area contributed by atoms with Crippen LogP contribution in [0.2, 0.25) is 0 Å². The fourth-order valence-electron chi connectivity index (χ4n) is 1.08. The summed E-state index contributed by atoms with van der Waals surface area (Å²) in [6.07, 6.45) is 0. The van der Waals surface area contributed by atoms with E-state index in [1.54, 1.807) is 28.8 Å². The normalized spacial score (nSPS) is 10.3. The van der Waals surface area contributed by atoms with Gasteiger partial charge in [0.25, 0.3) is 0 Å². The van der Waals surface area contributed by atoms with Crippen LogP contribution < -0.4 is 0 Å². The largest absolute Gasteiger partial charge is 0.372 e. The summed E-state index contributed by atoms with van der Waals surface area (Å²) in [6, 6.07) is 0. The van der Waals surface area contributed by atoms with Crippen LogP contribution in [0.25, 0.3) is 0 Å². The number of rotatable bonds is 5. The zero-order valence-corrected chi connectivity index (χ0v) is 10.1. The smallest absolute Gasteiger partial charge is 0.248 e. The molecule has 5 heteroatoms. The van der Waals surface area contributed by atoms with Gasteiger partial charge >= 0.3 is 0 Å². The van der Waals surface area contributed by atoms with Crippen LogP contribution in [0.1, 0.15) is 17.5 Å². The molecule has 0 aromatic carbocycles. The Morgan fingerprint density at radius 3 is 2.93 bits per heavy atom. The molecule has 0 bridgehead atoms. The van der Waals surface area contributed by atoms with Gasteiger partial charge in [-0.2, -0.15) is 0 Å². The van der Waals surface area contributed by atoms with Gasteiger partial charge in [0.1, 0.15) is 6.61 Å². The van der Waals surface area contributed by atoms with E-state index >= 15 is 0 Å². The van der Waals surface area contributed by atoms with E-state index in [2.05, 4.69) is 4.98 Å². The van der Waals surface area contributed by atoms with Gasteiger partial charge in [-0.1, -0.05) is 0 Å². The summed E-state index contributed by atoms with van der Waals surface area (Å²) in [5.41, 5.74) is 2.79. The minimum absolute atomic E-state index is 0.00431. The first-order valence-corrected chi connectivity index (χ1v) is 5.73. The molecule has 0 aliphatic carbocycles. The first-order valence-electron chi connectivity index (χ1n) is 4.85. The summed E-state index contributed by atoms with van der Waals surface area (Å²) < 4.78 is 5.06. The topological polar surface area (TPSA) is 42.4 Å². The summed E-state index contributed by atoms with van der Waals surface area (Å²) in [4.78, 5) is 18.5. The van der Waals surface area contributed by atoms with Crippen molar-refractivity contribution < 1.29 is 9.53 Å². The Hall–Kier alpha value is -0.940. The predicted octanol–water partition coefficient (Wildman–Crippen LogP) is 1.45. The van der Waals surface area contributed by atoms with Crippen LogP contribution in [0.4, 0.5) is 0 Å². The monoisotopic (exact) mass is 228 g/mol. The number of aryl methyl sites for hydroxylation is 1. The van der Waals surface area contributed by atoms with Crippen LogP contribution in [0.5, 0.6) is 0 Å². The van der Waals surface area contributed by atoms with Crippen molar-refractivity contribution in [3.63, 3.8) is 0 Å². The van der Waals surface area contributed by atoms with E-state index in [0.29, 0.717) is 13.2 Å². The molecule has 0 radical (unpaired) electrons. The van der Waals surface area contributed by atoms with Gasteiger partial charge in [-0.15, -0.1) is 11.3 Å². The number of carbonyl (C=O) groups excluding carboxylic acids is 1. The van der Waals surface area contributed by atoms with Gasteiger partial charge in [0, 0.05) is 18.5 Å². The Morgan fingerprint density at radius 2 is 2.40 bits per heavy atom. The van der Waals surface area contributed by atoms with Crippen molar-refractivity contribution in [3.8, 4) is 0 Å². The molecule has 4 nitrogen and oxygen atoms in total. The second-order valence-corrected chi connectivity index (χ2v) is 4.19. The van der Waals surface area contributed by atoms with Crippen molar-refractivity contribution in [3.05, 3.63) is 16.1 Å². The standard InChI is InChI=1S/C10H16N2O2S/c1-4-14-6-10(13)12(3)5-9-8(2)11-7-15-9/h7H,4-6H2,1-3H3.